The lowest BCUT2D eigenvalue weighted by Crippen LogP contribution is -2.14. The van der Waals surface area contributed by atoms with Crippen LogP contribution in [0.1, 0.15) is 16.1 Å². The van der Waals surface area contributed by atoms with Crippen molar-refractivity contribution in [3.05, 3.63) is 74.0 Å². The standard InChI is InChI=1S/C18H15N5O6S/c1-10-3-5-13(6-4-10)30-14-8-11(7-12(9-14)22(25)26)19-17(24)15-16(23(27)28)18(29-2)21-20-15/h3-9H,1-2H3,(H,19,24)(H,20,21). The van der Waals surface area contributed by atoms with Crippen molar-refractivity contribution in [2.45, 2.75) is 16.7 Å². The summed E-state index contributed by atoms with van der Waals surface area (Å²) in [5.41, 5.74) is -0.125. The SMILES string of the molecule is COc1n[nH]c(C(=O)Nc2cc(Sc3ccc(C)cc3)cc([N+](=O)[O-])c2)c1[N+](=O)[O-]. The normalized spacial score (nSPS) is 10.5. The average Bonchev–Trinajstić information content (AvgIpc) is 3.14. The number of nitrogens with zero attached hydrogens (tertiary/aromatic N) is 3. The first kappa shape index (κ1) is 20.8. The van der Waals surface area contributed by atoms with Crippen LogP contribution in [-0.4, -0.2) is 33.1 Å². The molecule has 0 bridgehead atoms. The van der Waals surface area contributed by atoms with E-state index in [1.165, 1.54) is 31.0 Å². The van der Waals surface area contributed by atoms with Gasteiger partial charge in [-0.25, -0.2) is 0 Å². The molecule has 0 aliphatic heterocycles. The van der Waals surface area contributed by atoms with Crippen LogP contribution in [0.4, 0.5) is 17.1 Å². The molecule has 3 rings (SSSR count). The number of aromatic amines is 1. The minimum atomic E-state index is -0.885. The van der Waals surface area contributed by atoms with Gasteiger partial charge in [0.1, 0.15) is 0 Å². The summed E-state index contributed by atoms with van der Waals surface area (Å²) >= 11 is 1.28. The Balaban J connectivity index is 1.92. The van der Waals surface area contributed by atoms with Crippen LogP contribution >= 0.6 is 11.8 Å². The molecule has 0 atom stereocenters. The number of carbonyl (C=O) groups is 1. The number of rotatable bonds is 7. The number of methoxy groups -OCH3 is 1. The van der Waals surface area contributed by atoms with Crippen molar-refractivity contribution >= 4 is 34.7 Å². The van der Waals surface area contributed by atoms with Gasteiger partial charge in [-0.1, -0.05) is 29.5 Å². The van der Waals surface area contributed by atoms with E-state index in [-0.39, 0.29) is 17.3 Å². The topological polar surface area (TPSA) is 153 Å². The second kappa shape index (κ2) is 8.61. The van der Waals surface area contributed by atoms with E-state index in [9.17, 15) is 25.0 Å². The molecule has 1 amide bonds. The molecule has 2 N–H and O–H groups in total. The van der Waals surface area contributed by atoms with Crippen LogP contribution in [0.25, 0.3) is 0 Å². The van der Waals surface area contributed by atoms with E-state index in [1.807, 2.05) is 31.2 Å². The summed E-state index contributed by atoms with van der Waals surface area (Å²) in [6, 6.07) is 11.6. The fourth-order valence-electron chi connectivity index (χ4n) is 2.55. The average molecular weight is 429 g/mol. The van der Waals surface area contributed by atoms with Crippen LogP contribution in [-0.2, 0) is 0 Å². The lowest BCUT2D eigenvalue weighted by molar-refractivity contribution is -0.386. The van der Waals surface area contributed by atoms with E-state index in [2.05, 4.69) is 15.5 Å². The van der Waals surface area contributed by atoms with Crippen LogP contribution in [0.3, 0.4) is 0 Å². The summed E-state index contributed by atoms with van der Waals surface area (Å²) in [5.74, 6) is -1.23. The molecule has 1 heterocycles. The zero-order valence-corrected chi connectivity index (χ0v) is 16.6. The fourth-order valence-corrected chi connectivity index (χ4v) is 3.46. The molecule has 3 aromatic rings. The van der Waals surface area contributed by atoms with Crippen molar-refractivity contribution in [3.8, 4) is 5.88 Å². The molecular formula is C18H15N5O6S. The van der Waals surface area contributed by atoms with Gasteiger partial charge in [0.2, 0.25) is 5.69 Å². The maximum Gasteiger partial charge on any atom is 0.362 e. The first-order valence-electron chi connectivity index (χ1n) is 8.40. The molecule has 12 heteroatoms. The molecule has 0 unspecified atom stereocenters. The van der Waals surface area contributed by atoms with Crippen molar-refractivity contribution in [2.75, 3.05) is 12.4 Å². The Hall–Kier alpha value is -3.93. The largest absolute Gasteiger partial charge is 0.475 e. The molecule has 0 saturated heterocycles. The van der Waals surface area contributed by atoms with Gasteiger partial charge >= 0.3 is 11.6 Å². The number of nitro groups is 2. The molecule has 11 nitrogen and oxygen atoms in total. The van der Waals surface area contributed by atoms with Gasteiger partial charge < -0.3 is 10.1 Å². The fraction of sp³-hybridized carbons (Fsp3) is 0.111. The molecule has 30 heavy (non-hydrogen) atoms. The highest BCUT2D eigenvalue weighted by Gasteiger charge is 2.30. The monoisotopic (exact) mass is 429 g/mol. The van der Waals surface area contributed by atoms with Gasteiger partial charge in [0.25, 0.3) is 11.6 Å². The highest BCUT2D eigenvalue weighted by atomic mass is 32.2. The number of nitrogens with one attached hydrogen (secondary N) is 2. The molecule has 0 saturated carbocycles. The summed E-state index contributed by atoms with van der Waals surface area (Å²) < 4.78 is 4.78. The summed E-state index contributed by atoms with van der Waals surface area (Å²) in [6.45, 7) is 1.94. The predicted octanol–water partition coefficient (Wildman–Crippen LogP) is 3.95. The highest BCUT2D eigenvalue weighted by Crippen LogP contribution is 2.34. The first-order chi connectivity index (χ1) is 14.3. The van der Waals surface area contributed by atoms with Crippen LogP contribution in [0.5, 0.6) is 5.88 Å². The summed E-state index contributed by atoms with van der Waals surface area (Å²) in [4.78, 5) is 35.1. The van der Waals surface area contributed by atoms with Crippen molar-refractivity contribution < 1.29 is 19.4 Å². The Morgan fingerprint density at radius 3 is 2.40 bits per heavy atom. The third-order valence-electron chi connectivity index (χ3n) is 3.93. The molecule has 154 valence electrons. The third-order valence-corrected chi connectivity index (χ3v) is 4.91. The van der Waals surface area contributed by atoms with Crippen LogP contribution < -0.4 is 10.1 Å². The first-order valence-corrected chi connectivity index (χ1v) is 9.22. The van der Waals surface area contributed by atoms with E-state index in [0.717, 1.165) is 16.5 Å². The Morgan fingerprint density at radius 1 is 1.10 bits per heavy atom. The number of hydrogen-bond donors (Lipinski definition) is 2. The number of hydrogen-bond acceptors (Lipinski definition) is 8. The van der Waals surface area contributed by atoms with Crippen molar-refractivity contribution in [1.29, 1.82) is 0 Å². The van der Waals surface area contributed by atoms with Gasteiger partial charge in [-0.2, -0.15) is 0 Å². The Labute approximate surface area is 173 Å². The quantitative estimate of drug-likeness (QED) is 0.423. The Morgan fingerprint density at radius 2 is 1.80 bits per heavy atom. The number of nitro benzene ring substituents is 1. The number of carbonyl (C=O) groups excluding carboxylic acids is 1. The smallest absolute Gasteiger partial charge is 0.362 e. The number of benzene rings is 2. The second-order valence-corrected chi connectivity index (χ2v) is 7.20. The number of aryl methyl sites for hydroxylation is 1. The minimum Gasteiger partial charge on any atom is -0.475 e. The summed E-state index contributed by atoms with van der Waals surface area (Å²) in [7, 11) is 1.18. The summed E-state index contributed by atoms with van der Waals surface area (Å²) in [6.07, 6.45) is 0. The molecule has 0 fully saturated rings. The number of amides is 1. The van der Waals surface area contributed by atoms with E-state index >= 15 is 0 Å². The molecule has 0 spiro atoms. The molecule has 1 aromatic heterocycles. The van der Waals surface area contributed by atoms with Crippen LogP contribution in [0.15, 0.2) is 52.3 Å². The number of H-pyrrole nitrogens is 1. The molecule has 0 radical (unpaired) electrons. The predicted molar refractivity (Wildman–Crippen MR) is 108 cm³/mol. The molecular weight excluding hydrogens is 414 g/mol. The number of ether oxygens (including phenoxy) is 1. The van der Waals surface area contributed by atoms with Gasteiger partial charge in [0.15, 0.2) is 0 Å². The summed E-state index contributed by atoms with van der Waals surface area (Å²) in [5, 5.41) is 30.8. The second-order valence-electron chi connectivity index (χ2n) is 6.06. The van der Waals surface area contributed by atoms with Crippen molar-refractivity contribution in [1.82, 2.24) is 10.2 Å². The lowest BCUT2D eigenvalue weighted by Gasteiger charge is -2.07. The van der Waals surface area contributed by atoms with E-state index in [1.54, 1.807) is 0 Å². The number of aromatic nitrogens is 2. The number of non-ortho nitro benzene ring substituents is 1. The Bertz CT molecular complexity index is 1130. The minimum absolute atomic E-state index is 0.103. The number of anilines is 1. The van der Waals surface area contributed by atoms with Gasteiger partial charge in [-0.15, -0.1) is 5.10 Å². The third kappa shape index (κ3) is 4.55. The van der Waals surface area contributed by atoms with E-state index < -0.39 is 27.1 Å². The van der Waals surface area contributed by atoms with Gasteiger partial charge in [-0.3, -0.25) is 30.1 Å². The van der Waals surface area contributed by atoms with Gasteiger partial charge in [0.05, 0.1) is 17.0 Å². The van der Waals surface area contributed by atoms with Gasteiger partial charge in [0, 0.05) is 27.6 Å². The highest BCUT2D eigenvalue weighted by molar-refractivity contribution is 7.99. The zero-order chi connectivity index (χ0) is 21.8. The maximum atomic E-state index is 12.5. The molecule has 0 aliphatic carbocycles. The van der Waals surface area contributed by atoms with Crippen molar-refractivity contribution in [2.24, 2.45) is 0 Å². The zero-order valence-electron chi connectivity index (χ0n) is 15.7. The molecule has 2 aromatic carbocycles. The lowest BCUT2D eigenvalue weighted by atomic mass is 10.2. The molecule has 0 aliphatic rings. The van der Waals surface area contributed by atoms with Crippen molar-refractivity contribution in [3.63, 3.8) is 0 Å². The van der Waals surface area contributed by atoms with Crippen LogP contribution in [0, 0.1) is 27.2 Å². The van der Waals surface area contributed by atoms with Crippen LogP contribution in [0.2, 0.25) is 0 Å². The van der Waals surface area contributed by atoms with Gasteiger partial charge in [-0.05, 0) is 25.1 Å². The Kier molecular flexibility index (Phi) is 5.97. The maximum absolute atomic E-state index is 12.5. The van der Waals surface area contributed by atoms with E-state index in [0.29, 0.717) is 4.90 Å². The van der Waals surface area contributed by atoms with E-state index in [4.69, 9.17) is 4.74 Å².